The van der Waals surface area contributed by atoms with Gasteiger partial charge in [0.2, 0.25) is 0 Å². The average molecular weight is 382 g/mol. The van der Waals surface area contributed by atoms with Crippen LogP contribution in [-0.2, 0) is 19.0 Å². The number of rotatable bonds is 9. The van der Waals surface area contributed by atoms with Gasteiger partial charge in [-0.25, -0.2) is 4.79 Å². The predicted molar refractivity (Wildman–Crippen MR) is 108 cm³/mol. The van der Waals surface area contributed by atoms with Crippen LogP contribution in [0, 0.1) is 0 Å². The Morgan fingerprint density at radius 1 is 1.21 bits per heavy atom. The molecule has 0 radical (unpaired) electrons. The highest BCUT2D eigenvalue weighted by Gasteiger charge is 2.37. The summed E-state index contributed by atoms with van der Waals surface area (Å²) in [4.78, 5) is 24.3. The van der Waals surface area contributed by atoms with Crippen LogP contribution in [0.1, 0.15) is 30.1 Å². The van der Waals surface area contributed by atoms with Crippen molar-refractivity contribution in [2.45, 2.75) is 25.4 Å². The topological polar surface area (TPSA) is 61.8 Å². The van der Waals surface area contributed by atoms with Crippen molar-refractivity contribution in [1.29, 1.82) is 0 Å². The standard InChI is InChI=1S/C23H26O5/c1-5-9-19-15-23(27-4,21(26-3)14-20(19)24)13-12-17(2)16-28-22(25)18-10-7-6-8-11-18/h5-8,10-12,14-15H,1,9,13,16H2,2-4H3/b17-12+/t23-/m0/s1. The monoisotopic (exact) mass is 382 g/mol. The molecule has 0 fully saturated rings. The SMILES string of the molecule is C=CCC1=C[C@](C/C=C(\C)COC(=O)c2ccccc2)(OC)C(OC)=CC1=O. The van der Waals surface area contributed by atoms with E-state index in [-0.39, 0.29) is 18.4 Å². The molecule has 0 heterocycles. The van der Waals surface area contributed by atoms with Crippen LogP contribution in [0.25, 0.3) is 0 Å². The zero-order valence-electron chi connectivity index (χ0n) is 16.6. The highest BCUT2D eigenvalue weighted by Crippen LogP contribution is 2.34. The minimum atomic E-state index is -0.883. The van der Waals surface area contributed by atoms with E-state index in [4.69, 9.17) is 14.2 Å². The molecular weight excluding hydrogens is 356 g/mol. The van der Waals surface area contributed by atoms with Crippen LogP contribution in [0.5, 0.6) is 0 Å². The van der Waals surface area contributed by atoms with Crippen molar-refractivity contribution in [2.24, 2.45) is 0 Å². The van der Waals surface area contributed by atoms with E-state index < -0.39 is 5.60 Å². The minimum absolute atomic E-state index is 0.109. The summed E-state index contributed by atoms with van der Waals surface area (Å²) in [5.41, 5.74) is 1.10. The lowest BCUT2D eigenvalue weighted by Crippen LogP contribution is -2.36. The Morgan fingerprint density at radius 2 is 1.93 bits per heavy atom. The van der Waals surface area contributed by atoms with Crippen molar-refractivity contribution in [3.8, 4) is 0 Å². The van der Waals surface area contributed by atoms with Gasteiger partial charge >= 0.3 is 5.97 Å². The van der Waals surface area contributed by atoms with Crippen LogP contribution < -0.4 is 0 Å². The second-order valence-electron chi connectivity index (χ2n) is 6.53. The van der Waals surface area contributed by atoms with Gasteiger partial charge in [-0.1, -0.05) is 30.4 Å². The number of benzene rings is 1. The third kappa shape index (κ3) is 5.08. The first-order valence-electron chi connectivity index (χ1n) is 9.02. The highest BCUT2D eigenvalue weighted by atomic mass is 16.5. The molecular formula is C23H26O5. The van der Waals surface area contributed by atoms with E-state index in [1.165, 1.54) is 13.2 Å². The lowest BCUT2D eigenvalue weighted by molar-refractivity contribution is -0.112. The Labute approximate surface area is 166 Å². The molecule has 0 bridgehead atoms. The molecule has 0 unspecified atom stereocenters. The maximum atomic E-state index is 12.2. The summed E-state index contributed by atoms with van der Waals surface area (Å²) < 4.78 is 16.5. The molecule has 0 saturated carbocycles. The van der Waals surface area contributed by atoms with Gasteiger partial charge in [0.1, 0.15) is 18.0 Å². The maximum absolute atomic E-state index is 12.2. The molecule has 0 spiro atoms. The largest absolute Gasteiger partial charge is 0.498 e. The van der Waals surface area contributed by atoms with E-state index >= 15 is 0 Å². The number of allylic oxidation sites excluding steroid dienone is 3. The summed E-state index contributed by atoms with van der Waals surface area (Å²) >= 11 is 0. The third-order valence-electron chi connectivity index (χ3n) is 4.55. The number of ether oxygens (including phenoxy) is 3. The van der Waals surface area contributed by atoms with Gasteiger partial charge in [-0.15, -0.1) is 6.58 Å². The third-order valence-corrected chi connectivity index (χ3v) is 4.55. The first kappa shape index (κ1) is 21.4. The molecule has 5 nitrogen and oxygen atoms in total. The number of hydrogen-bond donors (Lipinski definition) is 0. The number of methoxy groups -OCH3 is 2. The second kappa shape index (κ2) is 9.85. The van der Waals surface area contributed by atoms with Crippen molar-refractivity contribution in [1.82, 2.24) is 0 Å². The smallest absolute Gasteiger partial charge is 0.338 e. The molecule has 0 aliphatic heterocycles. The van der Waals surface area contributed by atoms with Crippen LogP contribution in [0.15, 0.2) is 78.1 Å². The summed E-state index contributed by atoms with van der Waals surface area (Å²) in [6.45, 7) is 5.74. The van der Waals surface area contributed by atoms with E-state index in [0.717, 1.165) is 5.57 Å². The molecule has 0 aromatic heterocycles. The number of hydrogen-bond acceptors (Lipinski definition) is 5. The van der Waals surface area contributed by atoms with E-state index in [0.29, 0.717) is 29.7 Å². The number of ketones is 1. The molecule has 1 aliphatic rings. The average Bonchev–Trinajstić information content (AvgIpc) is 2.73. The normalized spacial score (nSPS) is 19.5. The van der Waals surface area contributed by atoms with Crippen LogP contribution in [0.2, 0.25) is 0 Å². The predicted octanol–water partition coefficient (Wildman–Crippen LogP) is 4.18. The molecule has 0 amide bonds. The number of carbonyl (C=O) groups is 2. The molecule has 0 saturated heterocycles. The summed E-state index contributed by atoms with van der Waals surface area (Å²) in [6, 6.07) is 8.84. The van der Waals surface area contributed by atoms with Crippen molar-refractivity contribution in [3.05, 3.63) is 83.7 Å². The molecule has 0 N–H and O–H groups in total. The van der Waals surface area contributed by atoms with E-state index in [2.05, 4.69) is 6.58 Å². The summed E-state index contributed by atoms with van der Waals surface area (Å²) in [5.74, 6) is -0.0382. The zero-order valence-corrected chi connectivity index (χ0v) is 16.6. The quantitative estimate of drug-likeness (QED) is 0.474. The zero-order chi connectivity index (χ0) is 20.6. The fourth-order valence-electron chi connectivity index (χ4n) is 2.93. The molecule has 1 aliphatic carbocycles. The Kier molecular flexibility index (Phi) is 7.52. The molecule has 28 heavy (non-hydrogen) atoms. The van der Waals surface area contributed by atoms with Gasteiger partial charge in [0, 0.05) is 25.2 Å². The summed E-state index contributed by atoms with van der Waals surface area (Å²) in [5, 5.41) is 0. The van der Waals surface area contributed by atoms with Crippen molar-refractivity contribution in [2.75, 3.05) is 20.8 Å². The highest BCUT2D eigenvalue weighted by molar-refractivity contribution is 6.06. The Balaban J connectivity index is 2.11. The fourth-order valence-corrected chi connectivity index (χ4v) is 2.93. The summed E-state index contributed by atoms with van der Waals surface area (Å²) in [6.07, 6.45) is 7.74. The minimum Gasteiger partial charge on any atom is -0.498 e. The maximum Gasteiger partial charge on any atom is 0.338 e. The Hall–Kier alpha value is -2.92. The van der Waals surface area contributed by atoms with Crippen LogP contribution in [-0.4, -0.2) is 38.2 Å². The summed E-state index contributed by atoms with van der Waals surface area (Å²) in [7, 11) is 3.08. The molecule has 2 rings (SSSR count). The number of esters is 1. The number of carbonyl (C=O) groups excluding carboxylic acids is 2. The Bertz CT molecular complexity index is 817. The van der Waals surface area contributed by atoms with Gasteiger partial charge in [-0.05, 0) is 37.1 Å². The van der Waals surface area contributed by atoms with Gasteiger partial charge < -0.3 is 14.2 Å². The molecule has 1 aromatic carbocycles. The lowest BCUT2D eigenvalue weighted by Gasteiger charge is -2.33. The molecule has 5 heteroatoms. The Morgan fingerprint density at radius 3 is 2.54 bits per heavy atom. The van der Waals surface area contributed by atoms with Crippen molar-refractivity contribution >= 4 is 11.8 Å². The first-order chi connectivity index (χ1) is 13.5. The van der Waals surface area contributed by atoms with Crippen LogP contribution in [0.4, 0.5) is 0 Å². The van der Waals surface area contributed by atoms with Gasteiger partial charge in [-0.3, -0.25) is 4.79 Å². The van der Waals surface area contributed by atoms with E-state index in [1.54, 1.807) is 43.5 Å². The van der Waals surface area contributed by atoms with E-state index in [9.17, 15) is 9.59 Å². The molecule has 1 aromatic rings. The van der Waals surface area contributed by atoms with Crippen molar-refractivity contribution in [3.63, 3.8) is 0 Å². The van der Waals surface area contributed by atoms with E-state index in [1.807, 2.05) is 19.1 Å². The molecule has 1 atom stereocenters. The second-order valence-corrected chi connectivity index (χ2v) is 6.53. The fraction of sp³-hybridized carbons (Fsp3) is 0.304. The lowest BCUT2D eigenvalue weighted by atomic mass is 9.85. The molecule has 148 valence electrons. The van der Waals surface area contributed by atoms with Crippen LogP contribution >= 0.6 is 0 Å². The van der Waals surface area contributed by atoms with Gasteiger partial charge in [-0.2, -0.15) is 0 Å². The van der Waals surface area contributed by atoms with Gasteiger partial charge in [0.05, 0.1) is 12.7 Å². The first-order valence-corrected chi connectivity index (χ1v) is 9.02. The van der Waals surface area contributed by atoms with Crippen LogP contribution in [0.3, 0.4) is 0 Å². The van der Waals surface area contributed by atoms with Crippen molar-refractivity contribution < 1.29 is 23.8 Å². The van der Waals surface area contributed by atoms with Gasteiger partial charge in [0.25, 0.3) is 0 Å². The van der Waals surface area contributed by atoms with Gasteiger partial charge in [0.15, 0.2) is 5.78 Å².